The summed E-state index contributed by atoms with van der Waals surface area (Å²) < 4.78 is 51.8. The van der Waals surface area contributed by atoms with Gasteiger partial charge in [0.05, 0.1) is 12.7 Å². The lowest BCUT2D eigenvalue weighted by Gasteiger charge is -2.13. The van der Waals surface area contributed by atoms with Crippen molar-refractivity contribution in [1.29, 1.82) is 0 Å². The third-order valence-corrected chi connectivity index (χ3v) is 3.35. The molecule has 0 fully saturated rings. The van der Waals surface area contributed by atoms with E-state index < -0.39 is 17.7 Å². The first-order valence-electron chi connectivity index (χ1n) is 6.84. The maximum absolute atomic E-state index is 12.5. The molecule has 0 saturated carbocycles. The summed E-state index contributed by atoms with van der Waals surface area (Å²) in [5.74, 6) is 0.0318. The first-order valence-corrected chi connectivity index (χ1v) is 6.84. The zero-order valence-electron chi connectivity index (χ0n) is 12.4. The molecule has 0 radical (unpaired) electrons. The molecule has 3 rings (SSSR count). The molecule has 24 heavy (non-hydrogen) atoms. The molecule has 0 aliphatic rings. The Bertz CT molecular complexity index is 944. The van der Waals surface area contributed by atoms with Crippen molar-refractivity contribution in [2.45, 2.75) is 6.36 Å². The van der Waals surface area contributed by atoms with E-state index in [1.165, 1.54) is 37.4 Å². The highest BCUT2D eigenvalue weighted by molar-refractivity contribution is 5.84. The molecule has 2 aromatic carbocycles. The highest BCUT2D eigenvalue weighted by atomic mass is 19.4. The van der Waals surface area contributed by atoms with E-state index in [2.05, 4.69) is 4.74 Å². The quantitative estimate of drug-likeness (QED) is 0.667. The number of hydrogen-bond donors (Lipinski definition) is 0. The van der Waals surface area contributed by atoms with Crippen LogP contribution in [0.25, 0.3) is 22.1 Å². The van der Waals surface area contributed by atoms with Crippen molar-refractivity contribution in [2.75, 3.05) is 7.11 Å². The number of ether oxygens (including phenoxy) is 2. The van der Waals surface area contributed by atoms with Gasteiger partial charge in [-0.15, -0.1) is 13.2 Å². The normalized spacial score (nSPS) is 11.5. The molecule has 0 N–H and O–H groups in total. The second-order valence-electron chi connectivity index (χ2n) is 4.90. The van der Waals surface area contributed by atoms with Crippen molar-refractivity contribution in [2.24, 2.45) is 0 Å². The lowest BCUT2D eigenvalue weighted by Crippen LogP contribution is -2.18. The van der Waals surface area contributed by atoms with E-state index in [1.807, 2.05) is 0 Å². The Morgan fingerprint density at radius 1 is 1.00 bits per heavy atom. The fourth-order valence-electron chi connectivity index (χ4n) is 2.31. The summed E-state index contributed by atoms with van der Waals surface area (Å²) in [5.41, 5.74) is -0.514. The van der Waals surface area contributed by atoms with E-state index in [-0.39, 0.29) is 16.7 Å². The number of halogens is 3. The molecule has 0 unspecified atom stereocenters. The van der Waals surface area contributed by atoms with Gasteiger partial charge in [-0.3, -0.25) is 0 Å². The van der Waals surface area contributed by atoms with Crippen LogP contribution in [0.2, 0.25) is 0 Å². The van der Waals surface area contributed by atoms with Crippen LogP contribution in [-0.4, -0.2) is 13.5 Å². The maximum Gasteiger partial charge on any atom is 0.573 e. The monoisotopic (exact) mass is 336 g/mol. The van der Waals surface area contributed by atoms with Gasteiger partial charge in [0, 0.05) is 17.0 Å². The summed E-state index contributed by atoms with van der Waals surface area (Å²) in [6, 6.07) is 11.7. The molecule has 7 heteroatoms. The van der Waals surface area contributed by atoms with Gasteiger partial charge in [-0.1, -0.05) is 18.2 Å². The van der Waals surface area contributed by atoms with Gasteiger partial charge in [0.1, 0.15) is 17.1 Å². The predicted octanol–water partition coefficient (Wildman–Crippen LogP) is 4.37. The summed E-state index contributed by atoms with van der Waals surface area (Å²) in [7, 11) is 1.47. The Kier molecular flexibility index (Phi) is 3.92. The molecule has 1 heterocycles. The molecule has 0 spiro atoms. The minimum atomic E-state index is -4.86. The van der Waals surface area contributed by atoms with E-state index in [0.717, 1.165) is 6.07 Å². The van der Waals surface area contributed by atoms with Gasteiger partial charge < -0.3 is 13.9 Å². The predicted molar refractivity (Wildman–Crippen MR) is 81.2 cm³/mol. The SMILES string of the molecule is COc1ccc2cc(-c3ccccc3OC(F)(F)F)c(=O)oc2c1. The standard InChI is InChI=1S/C17H11F3O4/c1-22-11-7-6-10-8-13(16(21)23-15(10)9-11)12-4-2-3-5-14(12)24-17(18,19)20/h2-9H,1H3. The molecular weight excluding hydrogens is 325 g/mol. The third kappa shape index (κ3) is 3.19. The van der Waals surface area contributed by atoms with Crippen LogP contribution in [0.4, 0.5) is 13.2 Å². The lowest BCUT2D eigenvalue weighted by atomic mass is 10.0. The van der Waals surface area contributed by atoms with Crippen LogP contribution in [0.15, 0.2) is 57.7 Å². The summed E-state index contributed by atoms with van der Waals surface area (Å²) in [6.45, 7) is 0. The molecule has 0 atom stereocenters. The minimum Gasteiger partial charge on any atom is -0.497 e. The summed E-state index contributed by atoms with van der Waals surface area (Å²) >= 11 is 0. The average molecular weight is 336 g/mol. The van der Waals surface area contributed by atoms with E-state index in [0.29, 0.717) is 11.1 Å². The van der Waals surface area contributed by atoms with Gasteiger partial charge in [0.15, 0.2) is 0 Å². The first-order chi connectivity index (χ1) is 11.4. The number of para-hydroxylation sites is 1. The molecule has 0 aliphatic heterocycles. The molecule has 1 aromatic heterocycles. The van der Waals surface area contributed by atoms with Crippen LogP contribution in [0.1, 0.15) is 0 Å². The molecular formula is C17H11F3O4. The van der Waals surface area contributed by atoms with E-state index in [9.17, 15) is 18.0 Å². The van der Waals surface area contributed by atoms with Crippen LogP contribution in [0.3, 0.4) is 0 Å². The van der Waals surface area contributed by atoms with Crippen LogP contribution >= 0.6 is 0 Å². The third-order valence-electron chi connectivity index (χ3n) is 3.35. The van der Waals surface area contributed by atoms with Crippen molar-refractivity contribution in [3.05, 3.63) is 59.0 Å². The first kappa shape index (κ1) is 15.9. The Balaban J connectivity index is 2.17. The van der Waals surface area contributed by atoms with Crippen molar-refractivity contribution in [1.82, 2.24) is 0 Å². The largest absolute Gasteiger partial charge is 0.573 e. The van der Waals surface area contributed by atoms with E-state index in [4.69, 9.17) is 9.15 Å². The molecule has 3 aromatic rings. The second kappa shape index (κ2) is 5.92. The van der Waals surface area contributed by atoms with Crippen LogP contribution in [-0.2, 0) is 0 Å². The fraction of sp³-hybridized carbons (Fsp3) is 0.118. The van der Waals surface area contributed by atoms with Crippen molar-refractivity contribution >= 4 is 11.0 Å². The molecule has 0 saturated heterocycles. The highest BCUT2D eigenvalue weighted by Crippen LogP contribution is 2.33. The minimum absolute atomic E-state index is 0.00120. The number of benzene rings is 2. The van der Waals surface area contributed by atoms with Gasteiger partial charge >= 0.3 is 12.0 Å². The van der Waals surface area contributed by atoms with Crippen LogP contribution in [0, 0.1) is 0 Å². The van der Waals surface area contributed by atoms with Gasteiger partial charge in [-0.2, -0.15) is 0 Å². The molecule has 0 amide bonds. The zero-order chi connectivity index (χ0) is 17.3. The van der Waals surface area contributed by atoms with Gasteiger partial charge in [0.2, 0.25) is 0 Å². The molecule has 124 valence electrons. The average Bonchev–Trinajstić information content (AvgIpc) is 2.53. The van der Waals surface area contributed by atoms with Gasteiger partial charge in [-0.25, -0.2) is 4.79 Å². The van der Waals surface area contributed by atoms with Crippen LogP contribution < -0.4 is 15.1 Å². The number of rotatable bonds is 3. The van der Waals surface area contributed by atoms with Crippen molar-refractivity contribution in [3.8, 4) is 22.6 Å². The number of methoxy groups -OCH3 is 1. The van der Waals surface area contributed by atoms with Gasteiger partial charge in [0.25, 0.3) is 0 Å². The van der Waals surface area contributed by atoms with E-state index >= 15 is 0 Å². The van der Waals surface area contributed by atoms with E-state index in [1.54, 1.807) is 12.1 Å². The van der Waals surface area contributed by atoms with Crippen LogP contribution in [0.5, 0.6) is 11.5 Å². The Labute approximate surface area is 134 Å². The number of fused-ring (bicyclic) bond motifs is 1. The molecule has 0 aliphatic carbocycles. The number of hydrogen-bond acceptors (Lipinski definition) is 4. The maximum atomic E-state index is 12.5. The fourth-order valence-corrected chi connectivity index (χ4v) is 2.31. The lowest BCUT2D eigenvalue weighted by molar-refractivity contribution is -0.274. The molecule has 0 bridgehead atoms. The molecule has 4 nitrogen and oxygen atoms in total. The number of alkyl halides is 3. The van der Waals surface area contributed by atoms with Gasteiger partial charge in [-0.05, 0) is 24.3 Å². The smallest absolute Gasteiger partial charge is 0.497 e. The topological polar surface area (TPSA) is 48.7 Å². The van der Waals surface area contributed by atoms with Crippen molar-refractivity contribution in [3.63, 3.8) is 0 Å². The Morgan fingerprint density at radius 3 is 2.46 bits per heavy atom. The zero-order valence-corrected chi connectivity index (χ0v) is 12.4. The van der Waals surface area contributed by atoms with Crippen molar-refractivity contribution < 1.29 is 27.1 Å². The summed E-state index contributed by atoms with van der Waals surface area (Å²) in [5, 5.41) is 0.548. The Morgan fingerprint density at radius 2 is 1.75 bits per heavy atom. The highest BCUT2D eigenvalue weighted by Gasteiger charge is 2.32. The summed E-state index contributed by atoms with van der Waals surface area (Å²) in [4.78, 5) is 12.2. The summed E-state index contributed by atoms with van der Waals surface area (Å²) in [6.07, 6.45) is -4.86. The second-order valence-corrected chi connectivity index (χ2v) is 4.90. The Hall–Kier alpha value is -2.96.